The maximum Gasteiger partial charge on any atom is 0.219 e. The minimum Gasteiger partial charge on any atom is -0.342 e. The number of hydrogen-bond donors (Lipinski definition) is 0. The van der Waals surface area contributed by atoms with Crippen molar-refractivity contribution >= 4 is 5.91 Å². The summed E-state index contributed by atoms with van der Waals surface area (Å²) in [5, 5.41) is 0. The minimum absolute atomic E-state index is 0.185. The largest absolute Gasteiger partial charge is 0.342 e. The molecule has 1 atom stereocenters. The Morgan fingerprint density at radius 3 is 2.80 bits per heavy atom. The number of carbonyl (C=O) groups excluding carboxylic acids is 1. The van der Waals surface area contributed by atoms with Crippen LogP contribution in [0.25, 0.3) is 0 Å². The summed E-state index contributed by atoms with van der Waals surface area (Å²) in [6.07, 6.45) is 3.02. The van der Waals surface area contributed by atoms with E-state index in [0.29, 0.717) is 5.92 Å². The molecular formula is C8H13NO. The van der Waals surface area contributed by atoms with Crippen LogP contribution in [0.1, 0.15) is 13.3 Å². The average Bonchev–Trinajstić information content (AvgIpc) is 2.34. The monoisotopic (exact) mass is 139 g/mol. The Bertz CT molecular complexity index is 153. The fourth-order valence-corrected chi connectivity index (χ4v) is 1.27. The average molecular weight is 139 g/mol. The molecule has 0 N–H and O–H groups in total. The smallest absolute Gasteiger partial charge is 0.219 e. The first kappa shape index (κ1) is 7.32. The summed E-state index contributed by atoms with van der Waals surface area (Å²) in [7, 11) is 0. The summed E-state index contributed by atoms with van der Waals surface area (Å²) in [6.45, 7) is 7.10. The second kappa shape index (κ2) is 2.86. The molecular weight excluding hydrogens is 126 g/mol. The summed E-state index contributed by atoms with van der Waals surface area (Å²) >= 11 is 0. The fourth-order valence-electron chi connectivity index (χ4n) is 1.27. The molecule has 1 unspecified atom stereocenters. The van der Waals surface area contributed by atoms with Crippen molar-refractivity contribution in [3.05, 3.63) is 12.7 Å². The molecule has 0 aliphatic carbocycles. The van der Waals surface area contributed by atoms with E-state index in [1.165, 1.54) is 0 Å². The first-order valence-corrected chi connectivity index (χ1v) is 3.62. The van der Waals surface area contributed by atoms with Gasteiger partial charge in [0.15, 0.2) is 0 Å². The first-order valence-electron chi connectivity index (χ1n) is 3.62. The number of rotatable bonds is 1. The van der Waals surface area contributed by atoms with Crippen LogP contribution in [-0.4, -0.2) is 23.9 Å². The van der Waals surface area contributed by atoms with E-state index in [2.05, 4.69) is 6.58 Å². The van der Waals surface area contributed by atoms with Crippen molar-refractivity contribution in [2.24, 2.45) is 5.92 Å². The quantitative estimate of drug-likeness (QED) is 0.497. The summed E-state index contributed by atoms with van der Waals surface area (Å²) < 4.78 is 0. The molecule has 1 aliphatic heterocycles. The predicted octanol–water partition coefficient (Wildman–Crippen LogP) is 1.04. The van der Waals surface area contributed by atoms with Crippen molar-refractivity contribution in [1.29, 1.82) is 0 Å². The van der Waals surface area contributed by atoms with Crippen LogP contribution >= 0.6 is 0 Å². The van der Waals surface area contributed by atoms with E-state index in [4.69, 9.17) is 0 Å². The Labute approximate surface area is 61.5 Å². The van der Waals surface area contributed by atoms with Gasteiger partial charge in [0.1, 0.15) is 0 Å². The van der Waals surface area contributed by atoms with E-state index >= 15 is 0 Å². The molecule has 1 heterocycles. The highest BCUT2D eigenvalue weighted by Gasteiger charge is 2.20. The van der Waals surface area contributed by atoms with Crippen molar-refractivity contribution in [2.45, 2.75) is 13.3 Å². The molecule has 1 aliphatic rings. The van der Waals surface area contributed by atoms with Crippen molar-refractivity contribution in [2.75, 3.05) is 13.1 Å². The van der Waals surface area contributed by atoms with Crippen LogP contribution in [0.5, 0.6) is 0 Å². The maximum absolute atomic E-state index is 10.8. The summed E-state index contributed by atoms with van der Waals surface area (Å²) in [6, 6.07) is 0. The van der Waals surface area contributed by atoms with Crippen molar-refractivity contribution in [3.63, 3.8) is 0 Å². The molecule has 0 aromatic heterocycles. The number of amides is 1. The lowest BCUT2D eigenvalue weighted by Gasteiger charge is -2.11. The zero-order valence-corrected chi connectivity index (χ0v) is 6.34. The van der Waals surface area contributed by atoms with E-state index in [0.717, 1.165) is 19.5 Å². The molecule has 2 heteroatoms. The highest BCUT2D eigenvalue weighted by atomic mass is 16.2. The first-order chi connectivity index (χ1) is 4.74. The number of hydrogen-bond acceptors (Lipinski definition) is 1. The molecule has 10 heavy (non-hydrogen) atoms. The zero-order valence-electron chi connectivity index (χ0n) is 6.34. The standard InChI is InChI=1S/C8H13NO/c1-3-8-4-5-9(6-8)7(2)10/h3,8H,1,4-6H2,2H3. The van der Waals surface area contributed by atoms with Gasteiger partial charge in [-0.25, -0.2) is 0 Å². The number of likely N-dealkylation sites (tertiary alicyclic amines) is 1. The molecule has 0 bridgehead atoms. The van der Waals surface area contributed by atoms with E-state index in [1.807, 2.05) is 11.0 Å². The van der Waals surface area contributed by atoms with Crippen LogP contribution in [0, 0.1) is 5.92 Å². The van der Waals surface area contributed by atoms with Gasteiger partial charge in [0, 0.05) is 20.0 Å². The highest BCUT2D eigenvalue weighted by Crippen LogP contribution is 2.16. The molecule has 0 saturated carbocycles. The van der Waals surface area contributed by atoms with Gasteiger partial charge >= 0.3 is 0 Å². The lowest BCUT2D eigenvalue weighted by atomic mass is 10.1. The van der Waals surface area contributed by atoms with Crippen molar-refractivity contribution in [1.82, 2.24) is 4.90 Å². The van der Waals surface area contributed by atoms with Gasteiger partial charge in [0.25, 0.3) is 0 Å². The Kier molecular flexibility index (Phi) is 2.10. The van der Waals surface area contributed by atoms with E-state index in [-0.39, 0.29) is 5.91 Å². The Morgan fingerprint density at radius 1 is 1.80 bits per heavy atom. The van der Waals surface area contributed by atoms with Gasteiger partial charge in [-0.05, 0) is 12.3 Å². The summed E-state index contributed by atoms with van der Waals surface area (Å²) in [5.41, 5.74) is 0. The molecule has 0 aromatic carbocycles. The van der Waals surface area contributed by atoms with Gasteiger partial charge in [0.05, 0.1) is 0 Å². The molecule has 1 amide bonds. The third-order valence-electron chi connectivity index (χ3n) is 2.00. The van der Waals surface area contributed by atoms with Gasteiger partial charge in [-0.1, -0.05) is 6.08 Å². The molecule has 1 fully saturated rings. The fraction of sp³-hybridized carbons (Fsp3) is 0.625. The van der Waals surface area contributed by atoms with E-state index in [9.17, 15) is 4.79 Å². The van der Waals surface area contributed by atoms with Crippen LogP contribution in [0.4, 0.5) is 0 Å². The third-order valence-corrected chi connectivity index (χ3v) is 2.00. The molecule has 0 radical (unpaired) electrons. The van der Waals surface area contributed by atoms with Gasteiger partial charge in [-0.3, -0.25) is 4.79 Å². The summed E-state index contributed by atoms with van der Waals surface area (Å²) in [5.74, 6) is 0.716. The second-order valence-corrected chi connectivity index (χ2v) is 2.75. The molecule has 2 nitrogen and oxygen atoms in total. The molecule has 1 rings (SSSR count). The lowest BCUT2D eigenvalue weighted by Crippen LogP contribution is -2.25. The van der Waals surface area contributed by atoms with Crippen LogP contribution in [0.3, 0.4) is 0 Å². The Hall–Kier alpha value is -0.790. The minimum atomic E-state index is 0.185. The van der Waals surface area contributed by atoms with Crippen molar-refractivity contribution < 1.29 is 4.79 Å². The Balaban J connectivity index is 2.42. The predicted molar refractivity (Wildman–Crippen MR) is 40.6 cm³/mol. The highest BCUT2D eigenvalue weighted by molar-refractivity contribution is 5.73. The molecule has 56 valence electrons. The van der Waals surface area contributed by atoms with Crippen LogP contribution < -0.4 is 0 Å². The second-order valence-electron chi connectivity index (χ2n) is 2.75. The van der Waals surface area contributed by atoms with E-state index in [1.54, 1.807) is 6.92 Å². The van der Waals surface area contributed by atoms with Crippen LogP contribution in [0.15, 0.2) is 12.7 Å². The lowest BCUT2D eigenvalue weighted by molar-refractivity contribution is -0.127. The topological polar surface area (TPSA) is 20.3 Å². The SMILES string of the molecule is C=CC1CCN(C(C)=O)C1. The zero-order chi connectivity index (χ0) is 7.56. The molecule has 1 saturated heterocycles. The normalized spacial score (nSPS) is 24.9. The summed E-state index contributed by atoms with van der Waals surface area (Å²) in [4.78, 5) is 12.7. The van der Waals surface area contributed by atoms with Crippen molar-refractivity contribution in [3.8, 4) is 0 Å². The number of carbonyl (C=O) groups is 1. The third kappa shape index (κ3) is 1.38. The van der Waals surface area contributed by atoms with Gasteiger partial charge < -0.3 is 4.90 Å². The maximum atomic E-state index is 10.8. The molecule has 0 spiro atoms. The van der Waals surface area contributed by atoms with E-state index < -0.39 is 0 Å². The molecule has 0 aromatic rings. The van der Waals surface area contributed by atoms with Crippen LogP contribution in [-0.2, 0) is 4.79 Å². The van der Waals surface area contributed by atoms with Crippen LogP contribution in [0.2, 0.25) is 0 Å². The van der Waals surface area contributed by atoms with Gasteiger partial charge in [0.2, 0.25) is 5.91 Å². The Morgan fingerprint density at radius 2 is 2.50 bits per heavy atom. The van der Waals surface area contributed by atoms with Gasteiger partial charge in [-0.15, -0.1) is 6.58 Å². The van der Waals surface area contributed by atoms with Gasteiger partial charge in [-0.2, -0.15) is 0 Å². The number of nitrogens with zero attached hydrogens (tertiary/aromatic N) is 1.